The van der Waals surface area contributed by atoms with Gasteiger partial charge in [0, 0.05) is 12.6 Å². The Bertz CT molecular complexity index is 637. The number of hydrogen-bond donors (Lipinski definition) is 2. The minimum absolute atomic E-state index is 0.0943. The Kier molecular flexibility index (Phi) is 9.60. The van der Waals surface area contributed by atoms with Gasteiger partial charge in [0.15, 0.2) is 0 Å². The fourth-order valence-corrected chi connectivity index (χ4v) is 3.35. The lowest BCUT2D eigenvalue weighted by molar-refractivity contribution is -0.124. The third-order valence-corrected chi connectivity index (χ3v) is 5.09. The molecule has 8 heteroatoms. The lowest BCUT2D eigenvalue weighted by Crippen LogP contribution is -2.50. The third kappa shape index (κ3) is 7.00. The Hall–Kier alpha value is -1.77. The van der Waals surface area contributed by atoms with Crippen LogP contribution in [-0.4, -0.2) is 68.9 Å². The first-order valence-electron chi connectivity index (χ1n) is 9.47. The van der Waals surface area contributed by atoms with E-state index in [0.29, 0.717) is 30.9 Å². The lowest BCUT2D eigenvalue weighted by atomic mass is 10.1. The molecule has 0 bridgehead atoms. The minimum Gasteiger partial charge on any atom is -0.496 e. The molecule has 2 rings (SSSR count). The number of carbonyl (C=O) groups is 2. The van der Waals surface area contributed by atoms with Crippen molar-refractivity contribution in [2.75, 3.05) is 38.9 Å². The van der Waals surface area contributed by atoms with Crippen molar-refractivity contribution in [1.29, 1.82) is 0 Å². The van der Waals surface area contributed by atoms with Crippen molar-refractivity contribution in [3.63, 3.8) is 0 Å². The normalized spacial score (nSPS) is 18.3. The molecule has 0 aliphatic carbocycles. The summed E-state index contributed by atoms with van der Waals surface area (Å²) < 4.78 is 16.3. The summed E-state index contributed by atoms with van der Waals surface area (Å²) in [5.74, 6) is 0.695. The Morgan fingerprint density at radius 3 is 2.79 bits per heavy atom. The van der Waals surface area contributed by atoms with E-state index >= 15 is 0 Å². The molecule has 0 radical (unpaired) electrons. The molecular weight excluding hydrogens is 380 g/mol. The summed E-state index contributed by atoms with van der Waals surface area (Å²) in [5, 5.41) is 5.78. The van der Waals surface area contributed by atoms with E-state index in [1.807, 2.05) is 13.2 Å². The van der Waals surface area contributed by atoms with Gasteiger partial charge in [-0.3, -0.25) is 9.59 Å². The Balaban J connectivity index is 1.92. The number of carbonyl (C=O) groups excluding carboxylic acids is 2. The Morgan fingerprint density at radius 2 is 2.11 bits per heavy atom. The van der Waals surface area contributed by atoms with Crippen molar-refractivity contribution < 1.29 is 23.8 Å². The van der Waals surface area contributed by atoms with Crippen LogP contribution in [0.5, 0.6) is 5.75 Å². The summed E-state index contributed by atoms with van der Waals surface area (Å²) in [6, 6.07) is 6.18. The van der Waals surface area contributed by atoms with Crippen molar-refractivity contribution in [3.8, 4) is 5.75 Å². The number of ether oxygens (including phenoxy) is 3. The van der Waals surface area contributed by atoms with Crippen molar-refractivity contribution in [1.82, 2.24) is 10.6 Å². The minimum atomic E-state index is -0.623. The lowest BCUT2D eigenvalue weighted by Gasteiger charge is -2.22. The summed E-state index contributed by atoms with van der Waals surface area (Å²) >= 11 is 1.63. The zero-order valence-electron chi connectivity index (χ0n) is 16.7. The molecule has 3 atom stereocenters. The molecule has 2 amide bonds. The number of benzene rings is 1. The van der Waals surface area contributed by atoms with Crippen LogP contribution in [0.2, 0.25) is 0 Å². The average molecular weight is 411 g/mol. The fourth-order valence-electron chi connectivity index (χ4n) is 2.88. The molecule has 7 nitrogen and oxygen atoms in total. The van der Waals surface area contributed by atoms with Crippen LogP contribution in [0.15, 0.2) is 24.3 Å². The smallest absolute Gasteiger partial charge is 0.255 e. The predicted molar refractivity (Wildman–Crippen MR) is 110 cm³/mol. The molecule has 1 fully saturated rings. The second-order valence-electron chi connectivity index (χ2n) is 6.74. The monoisotopic (exact) mass is 410 g/mol. The summed E-state index contributed by atoms with van der Waals surface area (Å²) in [6.07, 6.45) is 3.48. The molecule has 0 saturated carbocycles. The highest BCUT2D eigenvalue weighted by Crippen LogP contribution is 2.17. The van der Waals surface area contributed by atoms with Gasteiger partial charge in [0.2, 0.25) is 5.91 Å². The third-order valence-electron chi connectivity index (χ3n) is 4.44. The van der Waals surface area contributed by atoms with Gasteiger partial charge in [0.25, 0.3) is 5.91 Å². The zero-order valence-corrected chi connectivity index (χ0v) is 17.6. The molecule has 156 valence electrons. The van der Waals surface area contributed by atoms with Crippen molar-refractivity contribution in [3.05, 3.63) is 29.8 Å². The molecule has 1 aliphatic heterocycles. The largest absolute Gasteiger partial charge is 0.496 e. The van der Waals surface area contributed by atoms with Gasteiger partial charge in [-0.25, -0.2) is 0 Å². The number of thioether (sulfide) groups is 1. The van der Waals surface area contributed by atoms with Gasteiger partial charge in [-0.1, -0.05) is 12.1 Å². The molecule has 1 aromatic carbocycles. The highest BCUT2D eigenvalue weighted by molar-refractivity contribution is 7.98. The van der Waals surface area contributed by atoms with E-state index in [1.54, 1.807) is 36.0 Å². The van der Waals surface area contributed by atoms with Gasteiger partial charge < -0.3 is 24.8 Å². The summed E-state index contributed by atoms with van der Waals surface area (Å²) in [4.78, 5) is 25.4. The van der Waals surface area contributed by atoms with Crippen LogP contribution in [-0.2, 0) is 14.3 Å². The quantitative estimate of drug-likeness (QED) is 0.579. The number of amides is 2. The zero-order chi connectivity index (χ0) is 20.4. The van der Waals surface area contributed by atoms with Crippen LogP contribution in [0.3, 0.4) is 0 Å². The molecule has 1 heterocycles. The number of rotatable bonds is 11. The molecule has 1 saturated heterocycles. The van der Waals surface area contributed by atoms with Crippen LogP contribution < -0.4 is 15.4 Å². The number of methoxy groups -OCH3 is 1. The number of hydrogen-bond acceptors (Lipinski definition) is 6. The molecule has 2 N–H and O–H groups in total. The standard InChI is InChI=1S/C20H30N2O5S/c1-14(12-27-15-8-10-26-13-15)21-20(24)17(9-11-28-3)22-19(23)16-6-4-5-7-18(16)25-2/h4-7,14-15,17H,8-13H2,1-3H3,(H,21,24)(H,22,23)/t14-,15-,17-/m1/s1. The molecule has 1 aliphatic rings. The first kappa shape index (κ1) is 22.5. The SMILES string of the molecule is COc1ccccc1C(=O)N[C@H](CCSC)C(=O)N[C@H](C)CO[C@@H]1CCOC1. The van der Waals surface area contributed by atoms with E-state index < -0.39 is 6.04 Å². The second-order valence-corrected chi connectivity index (χ2v) is 7.72. The van der Waals surface area contributed by atoms with Crippen LogP contribution in [0.4, 0.5) is 0 Å². The van der Waals surface area contributed by atoms with E-state index in [0.717, 1.165) is 18.8 Å². The topological polar surface area (TPSA) is 85.9 Å². The van der Waals surface area contributed by atoms with Crippen molar-refractivity contribution >= 4 is 23.6 Å². The maximum Gasteiger partial charge on any atom is 0.255 e. The summed E-state index contributed by atoms with van der Waals surface area (Å²) in [5.41, 5.74) is 0.407. The van der Waals surface area contributed by atoms with Crippen LogP contribution in [0.25, 0.3) is 0 Å². The molecule has 0 spiro atoms. The maximum atomic E-state index is 12.7. The van der Waals surface area contributed by atoms with Gasteiger partial charge in [0.05, 0.1) is 32.0 Å². The molecule has 0 aromatic heterocycles. The molecule has 1 aromatic rings. The van der Waals surface area contributed by atoms with Gasteiger partial charge in [0.1, 0.15) is 11.8 Å². The molecule has 28 heavy (non-hydrogen) atoms. The number of para-hydroxylation sites is 1. The van der Waals surface area contributed by atoms with E-state index in [1.165, 1.54) is 7.11 Å². The number of nitrogens with one attached hydrogen (secondary N) is 2. The Morgan fingerprint density at radius 1 is 1.32 bits per heavy atom. The van der Waals surface area contributed by atoms with Crippen LogP contribution in [0.1, 0.15) is 30.1 Å². The first-order chi connectivity index (χ1) is 13.5. The average Bonchev–Trinajstić information content (AvgIpc) is 3.22. The van der Waals surface area contributed by atoms with E-state index in [4.69, 9.17) is 14.2 Å². The van der Waals surface area contributed by atoms with Crippen LogP contribution >= 0.6 is 11.8 Å². The van der Waals surface area contributed by atoms with Gasteiger partial charge >= 0.3 is 0 Å². The summed E-state index contributed by atoms with van der Waals surface area (Å²) in [7, 11) is 1.51. The molecular formula is C20H30N2O5S. The van der Waals surface area contributed by atoms with E-state index in [-0.39, 0.29) is 24.0 Å². The highest BCUT2D eigenvalue weighted by Gasteiger charge is 2.24. The predicted octanol–water partition coefficient (Wildman–Crippen LogP) is 1.86. The fraction of sp³-hybridized carbons (Fsp3) is 0.600. The van der Waals surface area contributed by atoms with E-state index in [9.17, 15) is 9.59 Å². The van der Waals surface area contributed by atoms with Gasteiger partial charge in [-0.05, 0) is 43.9 Å². The van der Waals surface area contributed by atoms with Crippen LogP contribution in [0, 0.1) is 0 Å². The maximum absolute atomic E-state index is 12.7. The second kappa shape index (κ2) is 11.9. The Labute approximate surface area is 170 Å². The van der Waals surface area contributed by atoms with Gasteiger partial charge in [-0.15, -0.1) is 0 Å². The van der Waals surface area contributed by atoms with Crippen molar-refractivity contribution in [2.24, 2.45) is 0 Å². The van der Waals surface area contributed by atoms with Gasteiger partial charge in [-0.2, -0.15) is 11.8 Å². The van der Waals surface area contributed by atoms with E-state index in [2.05, 4.69) is 10.6 Å². The molecule has 0 unspecified atom stereocenters. The summed E-state index contributed by atoms with van der Waals surface area (Å²) in [6.45, 7) is 3.62. The first-order valence-corrected chi connectivity index (χ1v) is 10.9. The van der Waals surface area contributed by atoms with Crippen molar-refractivity contribution in [2.45, 2.75) is 38.0 Å². The highest BCUT2D eigenvalue weighted by atomic mass is 32.2.